The summed E-state index contributed by atoms with van der Waals surface area (Å²) in [6.07, 6.45) is -0.406. The lowest BCUT2D eigenvalue weighted by atomic mass is 10.1. The van der Waals surface area contributed by atoms with Crippen molar-refractivity contribution < 1.29 is 13.9 Å². The van der Waals surface area contributed by atoms with Crippen molar-refractivity contribution in [2.75, 3.05) is 19.0 Å². The molecular formula is C18H21FN2O2. The number of benzene rings is 2. The number of methoxy groups -OCH3 is 1. The van der Waals surface area contributed by atoms with Gasteiger partial charge in [0.1, 0.15) is 5.82 Å². The van der Waals surface area contributed by atoms with Gasteiger partial charge in [-0.05, 0) is 54.8 Å². The molecule has 4 nitrogen and oxygen atoms in total. The van der Waals surface area contributed by atoms with Crippen LogP contribution in [-0.4, -0.2) is 19.7 Å². The number of hydrogen-bond donors (Lipinski definition) is 2. The average molecular weight is 316 g/mol. The average Bonchev–Trinajstić information content (AvgIpc) is 2.52. The molecule has 0 radical (unpaired) electrons. The molecular weight excluding hydrogens is 295 g/mol. The van der Waals surface area contributed by atoms with Gasteiger partial charge in [0.25, 0.3) is 0 Å². The van der Waals surface area contributed by atoms with Crippen LogP contribution in [-0.2, 0) is 4.74 Å². The molecule has 1 atom stereocenters. The van der Waals surface area contributed by atoms with Crippen LogP contribution in [0.5, 0.6) is 0 Å². The lowest BCUT2D eigenvalue weighted by Gasteiger charge is -2.17. The highest BCUT2D eigenvalue weighted by Crippen LogP contribution is 2.17. The van der Waals surface area contributed by atoms with E-state index in [9.17, 15) is 9.18 Å². The normalized spacial score (nSPS) is 11.8. The van der Waals surface area contributed by atoms with Gasteiger partial charge >= 0.3 is 6.03 Å². The second-order valence-electron chi connectivity index (χ2n) is 5.41. The fourth-order valence-corrected chi connectivity index (χ4v) is 2.22. The molecule has 2 amide bonds. The molecule has 0 saturated carbocycles. The van der Waals surface area contributed by atoms with Crippen molar-refractivity contribution in [1.29, 1.82) is 0 Å². The molecule has 1 unspecified atom stereocenters. The molecule has 0 bridgehead atoms. The molecule has 0 saturated heterocycles. The van der Waals surface area contributed by atoms with Crippen LogP contribution in [0, 0.1) is 19.7 Å². The number of anilines is 1. The van der Waals surface area contributed by atoms with E-state index in [1.54, 1.807) is 12.1 Å². The Morgan fingerprint density at radius 1 is 1.17 bits per heavy atom. The predicted octanol–water partition coefficient (Wildman–Crippen LogP) is 3.95. The van der Waals surface area contributed by atoms with Gasteiger partial charge in [-0.15, -0.1) is 0 Å². The van der Waals surface area contributed by atoms with Crippen LogP contribution in [0.15, 0.2) is 42.5 Å². The third kappa shape index (κ3) is 4.79. The standard InChI is InChI=1S/C18H21FN2O2/c1-12-7-8-16(9-13(12)2)21-18(22)20-11-17(23-3)14-5-4-6-15(19)10-14/h4-10,17H,11H2,1-3H3,(H2,20,21,22). The van der Waals surface area contributed by atoms with Gasteiger partial charge in [-0.2, -0.15) is 0 Å². The van der Waals surface area contributed by atoms with E-state index >= 15 is 0 Å². The Morgan fingerprint density at radius 2 is 1.96 bits per heavy atom. The van der Waals surface area contributed by atoms with Crippen LogP contribution in [0.1, 0.15) is 22.8 Å². The molecule has 2 rings (SSSR count). The van der Waals surface area contributed by atoms with Crippen molar-refractivity contribution in [2.45, 2.75) is 20.0 Å². The summed E-state index contributed by atoms with van der Waals surface area (Å²) >= 11 is 0. The molecule has 0 aliphatic rings. The van der Waals surface area contributed by atoms with Gasteiger partial charge in [0, 0.05) is 19.3 Å². The number of carbonyl (C=O) groups excluding carboxylic acids is 1. The molecule has 2 aromatic carbocycles. The van der Waals surface area contributed by atoms with Gasteiger partial charge in [-0.25, -0.2) is 9.18 Å². The minimum Gasteiger partial charge on any atom is -0.375 e. The highest BCUT2D eigenvalue weighted by Gasteiger charge is 2.13. The van der Waals surface area contributed by atoms with Crippen LogP contribution in [0.4, 0.5) is 14.9 Å². The van der Waals surface area contributed by atoms with Gasteiger partial charge in [0.15, 0.2) is 0 Å². The zero-order chi connectivity index (χ0) is 16.8. The van der Waals surface area contributed by atoms with Gasteiger partial charge < -0.3 is 15.4 Å². The summed E-state index contributed by atoms with van der Waals surface area (Å²) in [5, 5.41) is 5.51. The number of nitrogens with one attached hydrogen (secondary N) is 2. The summed E-state index contributed by atoms with van der Waals surface area (Å²) in [6.45, 7) is 4.25. The number of rotatable bonds is 5. The first kappa shape index (κ1) is 17.0. The van der Waals surface area contributed by atoms with Gasteiger partial charge in [-0.3, -0.25) is 0 Å². The van der Waals surface area contributed by atoms with Crippen LogP contribution in [0.25, 0.3) is 0 Å². The summed E-state index contributed by atoms with van der Waals surface area (Å²) in [5.41, 5.74) is 3.68. The Hall–Kier alpha value is -2.40. The van der Waals surface area contributed by atoms with E-state index in [0.29, 0.717) is 5.56 Å². The highest BCUT2D eigenvalue weighted by molar-refractivity contribution is 5.89. The summed E-state index contributed by atoms with van der Waals surface area (Å²) < 4.78 is 18.6. The zero-order valence-corrected chi connectivity index (χ0v) is 13.5. The first-order valence-electron chi connectivity index (χ1n) is 7.40. The molecule has 0 fully saturated rings. The maximum atomic E-state index is 13.3. The number of urea groups is 1. The Bertz CT molecular complexity index is 688. The highest BCUT2D eigenvalue weighted by atomic mass is 19.1. The number of carbonyl (C=O) groups is 1. The fourth-order valence-electron chi connectivity index (χ4n) is 2.22. The number of hydrogen-bond acceptors (Lipinski definition) is 2. The molecule has 23 heavy (non-hydrogen) atoms. The topological polar surface area (TPSA) is 50.4 Å². The van der Waals surface area contributed by atoms with E-state index in [0.717, 1.165) is 11.3 Å². The van der Waals surface area contributed by atoms with Crippen LogP contribution >= 0.6 is 0 Å². The monoisotopic (exact) mass is 316 g/mol. The first-order chi connectivity index (χ1) is 11.0. The second kappa shape index (κ2) is 7.74. The molecule has 5 heteroatoms. The van der Waals surface area contributed by atoms with Crippen molar-refractivity contribution in [1.82, 2.24) is 5.32 Å². The van der Waals surface area contributed by atoms with E-state index in [2.05, 4.69) is 10.6 Å². The van der Waals surface area contributed by atoms with Gasteiger partial charge in [0.2, 0.25) is 0 Å². The maximum Gasteiger partial charge on any atom is 0.319 e. The van der Waals surface area contributed by atoms with E-state index in [1.165, 1.54) is 24.8 Å². The predicted molar refractivity (Wildman–Crippen MR) is 89.1 cm³/mol. The van der Waals surface area contributed by atoms with Gasteiger partial charge in [-0.1, -0.05) is 18.2 Å². The number of ether oxygens (including phenoxy) is 1. The summed E-state index contributed by atoms with van der Waals surface area (Å²) in [7, 11) is 1.53. The minimum atomic E-state index is -0.406. The van der Waals surface area contributed by atoms with E-state index in [-0.39, 0.29) is 18.4 Å². The van der Waals surface area contributed by atoms with Crippen molar-refractivity contribution in [2.24, 2.45) is 0 Å². The third-order valence-corrected chi connectivity index (χ3v) is 3.72. The second-order valence-corrected chi connectivity index (χ2v) is 5.41. The summed E-state index contributed by atoms with van der Waals surface area (Å²) in [6, 6.07) is 11.5. The first-order valence-corrected chi connectivity index (χ1v) is 7.40. The van der Waals surface area contributed by atoms with Crippen molar-refractivity contribution >= 4 is 11.7 Å². The third-order valence-electron chi connectivity index (χ3n) is 3.72. The van der Waals surface area contributed by atoms with Crippen LogP contribution < -0.4 is 10.6 Å². The quantitative estimate of drug-likeness (QED) is 0.877. The van der Waals surface area contributed by atoms with E-state index in [4.69, 9.17) is 4.74 Å². The smallest absolute Gasteiger partial charge is 0.319 e. The molecule has 0 aliphatic carbocycles. The Labute approximate surface area is 135 Å². The number of halogens is 1. The molecule has 0 spiro atoms. The van der Waals surface area contributed by atoms with Crippen LogP contribution in [0.2, 0.25) is 0 Å². The lowest BCUT2D eigenvalue weighted by Crippen LogP contribution is -2.33. The minimum absolute atomic E-state index is 0.247. The zero-order valence-electron chi connectivity index (χ0n) is 13.5. The van der Waals surface area contributed by atoms with Crippen molar-refractivity contribution in [3.8, 4) is 0 Å². The number of aryl methyl sites for hydroxylation is 2. The molecule has 0 heterocycles. The van der Waals surface area contributed by atoms with E-state index < -0.39 is 6.10 Å². The Morgan fingerprint density at radius 3 is 2.61 bits per heavy atom. The summed E-state index contributed by atoms with van der Waals surface area (Å²) in [5.74, 6) is -0.330. The van der Waals surface area contributed by atoms with Crippen molar-refractivity contribution in [3.63, 3.8) is 0 Å². The molecule has 0 aliphatic heterocycles. The van der Waals surface area contributed by atoms with Crippen LogP contribution in [0.3, 0.4) is 0 Å². The molecule has 2 N–H and O–H groups in total. The van der Waals surface area contributed by atoms with E-state index in [1.807, 2.05) is 32.0 Å². The Kier molecular flexibility index (Phi) is 5.71. The molecule has 2 aromatic rings. The molecule has 0 aromatic heterocycles. The SMILES string of the molecule is COC(CNC(=O)Nc1ccc(C)c(C)c1)c1cccc(F)c1. The van der Waals surface area contributed by atoms with Gasteiger partial charge in [0.05, 0.1) is 6.10 Å². The molecule has 122 valence electrons. The van der Waals surface area contributed by atoms with Crippen molar-refractivity contribution in [3.05, 3.63) is 65.0 Å². The maximum absolute atomic E-state index is 13.3. The number of amides is 2. The Balaban J connectivity index is 1.93. The fraction of sp³-hybridized carbons (Fsp3) is 0.278. The summed E-state index contributed by atoms with van der Waals surface area (Å²) in [4.78, 5) is 12.0. The lowest BCUT2D eigenvalue weighted by molar-refractivity contribution is 0.104. The largest absolute Gasteiger partial charge is 0.375 e.